The van der Waals surface area contributed by atoms with Crippen LogP contribution in [0.4, 0.5) is 8.78 Å². The Morgan fingerprint density at radius 1 is 1.00 bits per heavy atom. The third-order valence-electron chi connectivity index (χ3n) is 4.19. The highest BCUT2D eigenvalue weighted by molar-refractivity contribution is 5.26. The van der Waals surface area contributed by atoms with Crippen molar-refractivity contribution in [2.45, 2.75) is 51.0 Å². The highest BCUT2D eigenvalue weighted by Gasteiger charge is 2.32. The van der Waals surface area contributed by atoms with Crippen molar-refractivity contribution in [2.24, 2.45) is 11.7 Å². The normalized spacial score (nSPS) is 21.3. The van der Waals surface area contributed by atoms with Gasteiger partial charge in [0.1, 0.15) is 11.6 Å². The Morgan fingerprint density at radius 3 is 2.00 bits per heavy atom. The van der Waals surface area contributed by atoms with Gasteiger partial charge in [0.2, 0.25) is 0 Å². The van der Waals surface area contributed by atoms with E-state index in [0.717, 1.165) is 31.7 Å². The average Bonchev–Trinajstić information content (AvgIpc) is 2.56. The minimum atomic E-state index is -0.646. The summed E-state index contributed by atoms with van der Waals surface area (Å²) < 4.78 is 26.6. The van der Waals surface area contributed by atoms with Crippen molar-refractivity contribution < 1.29 is 8.78 Å². The van der Waals surface area contributed by atoms with E-state index < -0.39 is 17.2 Å². The van der Waals surface area contributed by atoms with Gasteiger partial charge in [-0.05, 0) is 43.4 Å². The molecule has 1 nitrogen and oxygen atoms in total. The first kappa shape index (κ1) is 13.5. The van der Waals surface area contributed by atoms with E-state index >= 15 is 0 Å². The molecule has 2 N–H and O–H groups in total. The second kappa shape index (κ2) is 5.35. The Morgan fingerprint density at radius 2 is 1.50 bits per heavy atom. The van der Waals surface area contributed by atoms with Gasteiger partial charge in [-0.2, -0.15) is 0 Å². The quantitative estimate of drug-likeness (QED) is 0.789. The highest BCUT2D eigenvalue weighted by Crippen LogP contribution is 2.36. The zero-order valence-electron chi connectivity index (χ0n) is 10.9. The number of rotatable bonds is 2. The van der Waals surface area contributed by atoms with Gasteiger partial charge in [0.15, 0.2) is 0 Å². The van der Waals surface area contributed by atoms with Gasteiger partial charge in [-0.3, -0.25) is 0 Å². The predicted molar refractivity (Wildman–Crippen MR) is 69.1 cm³/mol. The molecule has 0 amide bonds. The lowest BCUT2D eigenvalue weighted by atomic mass is 9.76. The van der Waals surface area contributed by atoms with Crippen LogP contribution in [0.25, 0.3) is 0 Å². The summed E-state index contributed by atoms with van der Waals surface area (Å²) in [7, 11) is 0. The van der Waals surface area contributed by atoms with Crippen LogP contribution < -0.4 is 5.73 Å². The highest BCUT2D eigenvalue weighted by atomic mass is 19.1. The maximum Gasteiger partial charge on any atom is 0.126 e. The molecule has 1 aromatic carbocycles. The van der Waals surface area contributed by atoms with Gasteiger partial charge in [0.25, 0.3) is 0 Å². The number of hydrogen-bond acceptors (Lipinski definition) is 1. The standard InChI is InChI=1S/C15H21F2N/c1-15(18,11-6-4-2-3-5-7-11)12-8-13(16)10-14(17)9-12/h8-11H,2-7,18H2,1H3. The van der Waals surface area contributed by atoms with Gasteiger partial charge in [-0.25, -0.2) is 8.78 Å². The fraction of sp³-hybridized carbons (Fsp3) is 0.600. The minimum absolute atomic E-state index is 0.307. The van der Waals surface area contributed by atoms with Crippen LogP contribution >= 0.6 is 0 Å². The van der Waals surface area contributed by atoms with Gasteiger partial charge < -0.3 is 5.73 Å². The monoisotopic (exact) mass is 253 g/mol. The first-order valence-electron chi connectivity index (χ1n) is 6.75. The van der Waals surface area contributed by atoms with E-state index in [2.05, 4.69) is 0 Å². The summed E-state index contributed by atoms with van der Waals surface area (Å²) in [6, 6.07) is 3.63. The first-order chi connectivity index (χ1) is 8.50. The van der Waals surface area contributed by atoms with Crippen molar-refractivity contribution in [1.29, 1.82) is 0 Å². The fourth-order valence-electron chi connectivity index (χ4n) is 2.98. The predicted octanol–water partition coefficient (Wildman–Crippen LogP) is 4.11. The van der Waals surface area contributed by atoms with Crippen LogP contribution in [0.3, 0.4) is 0 Å². The molecular weight excluding hydrogens is 232 g/mol. The van der Waals surface area contributed by atoms with Crippen LogP contribution in [0, 0.1) is 17.6 Å². The molecule has 0 heterocycles. The molecule has 3 heteroatoms. The van der Waals surface area contributed by atoms with Crippen molar-refractivity contribution in [2.75, 3.05) is 0 Å². The fourth-order valence-corrected chi connectivity index (χ4v) is 2.98. The SMILES string of the molecule is CC(N)(c1cc(F)cc(F)c1)C1CCCCCC1. The Kier molecular flexibility index (Phi) is 4.00. The second-order valence-corrected chi connectivity index (χ2v) is 5.63. The minimum Gasteiger partial charge on any atom is -0.321 e. The van der Waals surface area contributed by atoms with Gasteiger partial charge in [-0.15, -0.1) is 0 Å². The molecule has 0 saturated heterocycles. The first-order valence-corrected chi connectivity index (χ1v) is 6.75. The Labute approximate surface area is 107 Å². The van der Waals surface area contributed by atoms with Crippen LogP contribution in [-0.2, 0) is 5.54 Å². The Hall–Kier alpha value is -0.960. The van der Waals surface area contributed by atoms with E-state index in [1.807, 2.05) is 6.92 Å². The molecule has 0 spiro atoms. The summed E-state index contributed by atoms with van der Waals surface area (Å²) in [6.45, 7) is 1.90. The zero-order valence-corrected chi connectivity index (χ0v) is 10.9. The summed E-state index contributed by atoms with van der Waals surface area (Å²) in [6.07, 6.45) is 6.90. The molecule has 1 saturated carbocycles. The molecule has 0 aliphatic heterocycles. The third kappa shape index (κ3) is 2.89. The molecule has 1 atom stereocenters. The van der Waals surface area contributed by atoms with E-state index in [9.17, 15) is 8.78 Å². The zero-order chi connectivity index (χ0) is 13.2. The van der Waals surface area contributed by atoms with Gasteiger partial charge in [-0.1, -0.05) is 25.7 Å². The lowest BCUT2D eigenvalue weighted by molar-refractivity contribution is 0.267. The number of halogens is 2. The van der Waals surface area contributed by atoms with Crippen molar-refractivity contribution in [1.82, 2.24) is 0 Å². The van der Waals surface area contributed by atoms with Crippen molar-refractivity contribution in [3.05, 3.63) is 35.4 Å². The molecule has 0 aromatic heterocycles. The molecule has 2 rings (SSSR count). The Balaban J connectivity index is 2.27. The molecule has 100 valence electrons. The Bertz CT molecular complexity index is 387. The molecule has 1 fully saturated rings. The van der Waals surface area contributed by atoms with Crippen LogP contribution in [0.5, 0.6) is 0 Å². The smallest absolute Gasteiger partial charge is 0.126 e. The molecule has 1 unspecified atom stereocenters. The van der Waals surface area contributed by atoms with Crippen LogP contribution in [0.2, 0.25) is 0 Å². The van der Waals surface area contributed by atoms with Crippen LogP contribution in [-0.4, -0.2) is 0 Å². The van der Waals surface area contributed by atoms with E-state index in [1.165, 1.54) is 25.0 Å². The van der Waals surface area contributed by atoms with Gasteiger partial charge in [0, 0.05) is 11.6 Å². The third-order valence-corrected chi connectivity index (χ3v) is 4.19. The van der Waals surface area contributed by atoms with E-state index in [4.69, 9.17) is 5.73 Å². The molecule has 1 aliphatic rings. The van der Waals surface area contributed by atoms with Crippen LogP contribution in [0.1, 0.15) is 51.0 Å². The molecule has 0 radical (unpaired) electrons. The van der Waals surface area contributed by atoms with Gasteiger partial charge in [0.05, 0.1) is 0 Å². The van der Waals surface area contributed by atoms with Crippen molar-refractivity contribution in [3.8, 4) is 0 Å². The van der Waals surface area contributed by atoms with E-state index in [-0.39, 0.29) is 0 Å². The van der Waals surface area contributed by atoms with Crippen molar-refractivity contribution in [3.63, 3.8) is 0 Å². The molecule has 1 aliphatic carbocycles. The lowest BCUT2D eigenvalue weighted by Crippen LogP contribution is -2.41. The molecule has 0 bridgehead atoms. The maximum atomic E-state index is 13.3. The topological polar surface area (TPSA) is 26.0 Å². The summed E-state index contributed by atoms with van der Waals surface area (Å²) in [5, 5.41) is 0. The summed E-state index contributed by atoms with van der Waals surface area (Å²) in [5.41, 5.74) is 6.32. The maximum absolute atomic E-state index is 13.3. The lowest BCUT2D eigenvalue weighted by Gasteiger charge is -2.34. The second-order valence-electron chi connectivity index (χ2n) is 5.63. The number of hydrogen-bond donors (Lipinski definition) is 1. The summed E-state index contributed by atoms with van der Waals surface area (Å²) in [4.78, 5) is 0. The summed E-state index contributed by atoms with van der Waals surface area (Å²) >= 11 is 0. The van der Waals surface area contributed by atoms with E-state index in [1.54, 1.807) is 0 Å². The number of nitrogens with two attached hydrogens (primary N) is 1. The average molecular weight is 253 g/mol. The number of benzene rings is 1. The van der Waals surface area contributed by atoms with Crippen molar-refractivity contribution >= 4 is 0 Å². The molecular formula is C15H21F2N. The summed E-state index contributed by atoms with van der Waals surface area (Å²) in [5.74, 6) is -0.785. The largest absolute Gasteiger partial charge is 0.321 e. The molecule has 18 heavy (non-hydrogen) atoms. The van der Waals surface area contributed by atoms with Crippen LogP contribution in [0.15, 0.2) is 18.2 Å². The van der Waals surface area contributed by atoms with E-state index in [0.29, 0.717) is 11.5 Å². The van der Waals surface area contributed by atoms with Gasteiger partial charge >= 0.3 is 0 Å². The molecule has 1 aromatic rings.